The Kier molecular flexibility index (Phi) is 7.90. The maximum absolute atomic E-state index is 5.56. The van der Waals surface area contributed by atoms with Crippen molar-refractivity contribution in [1.82, 2.24) is 0 Å². The summed E-state index contributed by atoms with van der Waals surface area (Å²) in [6, 6.07) is 38.9. The molecule has 0 unspecified atom stereocenters. The van der Waals surface area contributed by atoms with Crippen molar-refractivity contribution in [3.05, 3.63) is 115 Å². The quantitative estimate of drug-likeness (QED) is 0.368. The Balaban J connectivity index is 0.00000272. The summed E-state index contributed by atoms with van der Waals surface area (Å²) in [5, 5.41) is 4.09. The van der Waals surface area contributed by atoms with E-state index >= 15 is 0 Å². The van der Waals surface area contributed by atoms with Crippen molar-refractivity contribution in [3.8, 4) is 11.5 Å². The number of hydrogen-bond donors (Lipinski definition) is 0. The number of ether oxygens (including phenoxy) is 2. The first-order valence-corrected chi connectivity index (χ1v) is 12.0. The van der Waals surface area contributed by atoms with Crippen molar-refractivity contribution in [1.29, 1.82) is 0 Å². The van der Waals surface area contributed by atoms with Gasteiger partial charge in [-0.05, 0) is 54.1 Å². The maximum atomic E-state index is 5.56. The molecule has 0 fully saturated rings. The fourth-order valence-corrected chi connectivity index (χ4v) is 8.22. The zero-order chi connectivity index (χ0) is 20.8. The standard InChI is InChI=1S/C27H26O2P.BrH/c1-28-23-18-22(19-24(20-23)29-2)21-30(25-12-6-3-7-13-25,26-14-8-4-9-15-26)27-16-10-5-11-17-27;/h3-20H,21H2,1-2H3;1H/q+1;/p-1. The minimum atomic E-state index is -1.95. The zero-order valence-electron chi connectivity index (χ0n) is 17.7. The van der Waals surface area contributed by atoms with Gasteiger partial charge in [0.25, 0.3) is 0 Å². The highest BCUT2D eigenvalue weighted by atomic mass is 79.9. The van der Waals surface area contributed by atoms with Crippen molar-refractivity contribution in [3.63, 3.8) is 0 Å². The minimum absolute atomic E-state index is 0. The first kappa shape index (κ1) is 23.1. The van der Waals surface area contributed by atoms with Crippen LogP contribution in [0.4, 0.5) is 0 Å². The van der Waals surface area contributed by atoms with E-state index in [1.165, 1.54) is 21.5 Å². The predicted molar refractivity (Wildman–Crippen MR) is 128 cm³/mol. The largest absolute Gasteiger partial charge is 1.00 e. The molecule has 4 aromatic rings. The molecule has 0 atom stereocenters. The summed E-state index contributed by atoms with van der Waals surface area (Å²) in [5.41, 5.74) is 1.20. The van der Waals surface area contributed by atoms with Gasteiger partial charge in [-0.15, -0.1) is 0 Å². The molecule has 0 saturated carbocycles. The van der Waals surface area contributed by atoms with Gasteiger partial charge in [-0.3, -0.25) is 0 Å². The Hall–Kier alpha value is -2.61. The lowest BCUT2D eigenvalue weighted by atomic mass is 10.2. The van der Waals surface area contributed by atoms with Gasteiger partial charge >= 0.3 is 0 Å². The fraction of sp³-hybridized carbons (Fsp3) is 0.111. The van der Waals surface area contributed by atoms with Crippen molar-refractivity contribution in [2.24, 2.45) is 0 Å². The topological polar surface area (TPSA) is 18.5 Å². The van der Waals surface area contributed by atoms with Gasteiger partial charge in [0.1, 0.15) is 34.7 Å². The normalized spacial score (nSPS) is 10.8. The van der Waals surface area contributed by atoms with E-state index in [1.807, 2.05) is 6.07 Å². The van der Waals surface area contributed by atoms with Crippen LogP contribution in [0, 0.1) is 0 Å². The smallest absolute Gasteiger partial charge is 0.122 e. The second-order valence-corrected chi connectivity index (χ2v) is 10.7. The molecule has 0 aromatic heterocycles. The van der Waals surface area contributed by atoms with Gasteiger partial charge in [-0.2, -0.15) is 0 Å². The molecule has 4 heteroatoms. The third kappa shape index (κ3) is 4.84. The molecule has 0 aliphatic rings. The fourth-order valence-electron chi connectivity index (χ4n) is 4.00. The molecular weight excluding hydrogens is 467 g/mol. The highest BCUT2D eigenvalue weighted by molar-refractivity contribution is 7.95. The van der Waals surface area contributed by atoms with Gasteiger partial charge in [0, 0.05) is 6.07 Å². The van der Waals surface area contributed by atoms with E-state index in [2.05, 4.69) is 103 Å². The Labute approximate surface area is 196 Å². The molecule has 4 aromatic carbocycles. The molecule has 0 radical (unpaired) electrons. The van der Waals surface area contributed by atoms with Gasteiger partial charge in [0.2, 0.25) is 0 Å². The SMILES string of the molecule is COc1cc(C[P+](c2ccccc2)(c2ccccc2)c2ccccc2)cc(OC)c1.[Br-]. The van der Waals surface area contributed by atoms with E-state index < -0.39 is 7.26 Å². The first-order valence-electron chi connectivity index (χ1n) is 10.0. The lowest BCUT2D eigenvalue weighted by molar-refractivity contribution is -0.00000659. The average molecular weight is 493 g/mol. The van der Waals surface area contributed by atoms with Crippen molar-refractivity contribution in [2.45, 2.75) is 6.16 Å². The summed E-state index contributed by atoms with van der Waals surface area (Å²) in [6.45, 7) is 0. The van der Waals surface area contributed by atoms with Crippen LogP contribution in [0.15, 0.2) is 109 Å². The third-order valence-electron chi connectivity index (χ3n) is 5.42. The number of rotatable bonds is 7. The molecule has 2 nitrogen and oxygen atoms in total. The molecule has 0 heterocycles. The van der Waals surface area contributed by atoms with Crippen molar-refractivity contribution < 1.29 is 26.5 Å². The summed E-state index contributed by atoms with van der Waals surface area (Å²) >= 11 is 0. The highest BCUT2D eigenvalue weighted by Gasteiger charge is 2.45. The zero-order valence-corrected chi connectivity index (χ0v) is 20.2. The van der Waals surface area contributed by atoms with E-state index in [0.717, 1.165) is 17.7 Å². The van der Waals surface area contributed by atoms with Gasteiger partial charge < -0.3 is 26.5 Å². The van der Waals surface area contributed by atoms with Gasteiger partial charge in [0.05, 0.1) is 20.4 Å². The Morgan fingerprint density at radius 3 is 1.23 bits per heavy atom. The molecule has 0 N–H and O–H groups in total. The van der Waals surface area contributed by atoms with Crippen LogP contribution in [0.5, 0.6) is 11.5 Å². The van der Waals surface area contributed by atoms with E-state index in [-0.39, 0.29) is 17.0 Å². The maximum Gasteiger partial charge on any atom is 0.122 e. The summed E-state index contributed by atoms with van der Waals surface area (Å²) in [4.78, 5) is 0. The molecular formula is C27H26BrO2P. The summed E-state index contributed by atoms with van der Waals surface area (Å²) in [5.74, 6) is 1.63. The number of methoxy groups -OCH3 is 2. The molecule has 4 rings (SSSR count). The third-order valence-corrected chi connectivity index (χ3v) is 9.80. The van der Waals surface area contributed by atoms with Crippen LogP contribution in [0.25, 0.3) is 0 Å². The summed E-state index contributed by atoms with van der Waals surface area (Å²) < 4.78 is 11.1. The van der Waals surface area contributed by atoms with Crippen molar-refractivity contribution in [2.75, 3.05) is 14.2 Å². The molecule has 31 heavy (non-hydrogen) atoms. The molecule has 158 valence electrons. The van der Waals surface area contributed by atoms with E-state index in [1.54, 1.807) is 14.2 Å². The van der Waals surface area contributed by atoms with E-state index in [9.17, 15) is 0 Å². The van der Waals surface area contributed by atoms with Crippen LogP contribution in [0.3, 0.4) is 0 Å². The molecule has 0 aliphatic carbocycles. The summed E-state index contributed by atoms with van der Waals surface area (Å²) in [6.07, 6.45) is 0.887. The Morgan fingerprint density at radius 1 is 0.548 bits per heavy atom. The van der Waals surface area contributed by atoms with Crippen LogP contribution < -0.4 is 42.4 Å². The number of hydrogen-bond acceptors (Lipinski definition) is 2. The molecule has 0 spiro atoms. The second-order valence-electron chi connectivity index (χ2n) is 7.20. The first-order chi connectivity index (χ1) is 14.8. The second kappa shape index (κ2) is 10.6. The van der Waals surface area contributed by atoms with Crippen molar-refractivity contribution >= 4 is 23.2 Å². The lowest BCUT2D eigenvalue weighted by Gasteiger charge is -2.28. The Morgan fingerprint density at radius 2 is 0.903 bits per heavy atom. The van der Waals surface area contributed by atoms with Crippen LogP contribution in [-0.2, 0) is 6.16 Å². The molecule has 0 amide bonds. The predicted octanol–water partition coefficient (Wildman–Crippen LogP) is 2.20. The van der Waals surface area contributed by atoms with Gasteiger partial charge in [-0.1, -0.05) is 54.6 Å². The molecule has 0 bridgehead atoms. The number of benzene rings is 4. The number of halogens is 1. The van der Waals surface area contributed by atoms with Crippen LogP contribution >= 0.6 is 7.26 Å². The average Bonchev–Trinajstić information content (AvgIpc) is 2.84. The molecule has 0 saturated heterocycles. The minimum Gasteiger partial charge on any atom is -1.00 e. The highest BCUT2D eigenvalue weighted by Crippen LogP contribution is 2.58. The van der Waals surface area contributed by atoms with Gasteiger partial charge in [-0.25, -0.2) is 0 Å². The Bertz CT molecular complexity index is 967. The van der Waals surface area contributed by atoms with Crippen LogP contribution in [-0.4, -0.2) is 14.2 Å². The molecule has 0 aliphatic heterocycles. The van der Waals surface area contributed by atoms with E-state index in [0.29, 0.717) is 0 Å². The van der Waals surface area contributed by atoms with Crippen LogP contribution in [0.1, 0.15) is 5.56 Å². The monoisotopic (exact) mass is 492 g/mol. The lowest BCUT2D eigenvalue weighted by Crippen LogP contribution is -3.00. The van der Waals surface area contributed by atoms with Gasteiger partial charge in [0.15, 0.2) is 0 Å². The van der Waals surface area contributed by atoms with Crippen LogP contribution in [0.2, 0.25) is 0 Å². The summed E-state index contributed by atoms with van der Waals surface area (Å²) in [7, 11) is 1.45. The van der Waals surface area contributed by atoms with E-state index in [4.69, 9.17) is 9.47 Å².